The molecule has 1 heterocycles. The highest BCUT2D eigenvalue weighted by Gasteiger charge is 2.75. The molecular formula is C36H47NO7. The first-order valence-corrected chi connectivity index (χ1v) is 16.4. The number of ether oxygens (including phenoxy) is 3. The summed E-state index contributed by atoms with van der Waals surface area (Å²) < 4.78 is 19.0. The number of allylic oxidation sites excluding steroid dienone is 4. The molecule has 1 saturated heterocycles. The number of hydrogen-bond donors (Lipinski definition) is 2. The highest BCUT2D eigenvalue weighted by atomic mass is 16.7. The molecule has 1 aromatic rings. The SMILES string of the molecule is CCCC1O[C@@H]2C[C@H]3[C@@H]4CCC5=CC(=O)C=C[C@]5(C)[C@H]4[C@@H](O)C[C@]3(C)[C@]2(C(=O)COCNC(=O)[C@@H](C)Cc2ccccc2)O1. The van der Waals surface area contributed by atoms with E-state index in [2.05, 4.69) is 26.1 Å². The van der Waals surface area contributed by atoms with Gasteiger partial charge in [-0.15, -0.1) is 0 Å². The minimum Gasteiger partial charge on any atom is -0.393 e. The fraction of sp³-hybridized carbons (Fsp3) is 0.639. The van der Waals surface area contributed by atoms with Gasteiger partial charge in [0.1, 0.15) is 13.3 Å². The van der Waals surface area contributed by atoms with Crippen molar-refractivity contribution in [3.05, 3.63) is 59.7 Å². The molecule has 0 spiro atoms. The largest absolute Gasteiger partial charge is 0.393 e. The molecule has 2 N–H and O–H groups in total. The van der Waals surface area contributed by atoms with Gasteiger partial charge in [-0.1, -0.05) is 76.1 Å². The first-order chi connectivity index (χ1) is 21.0. The van der Waals surface area contributed by atoms with Crippen LogP contribution in [0.3, 0.4) is 0 Å². The number of nitrogens with one attached hydrogen (secondary N) is 1. The zero-order valence-corrected chi connectivity index (χ0v) is 26.4. The topological polar surface area (TPSA) is 111 Å². The lowest BCUT2D eigenvalue weighted by Crippen LogP contribution is -2.63. The number of benzene rings is 1. The van der Waals surface area contributed by atoms with Crippen LogP contribution in [0.2, 0.25) is 0 Å². The van der Waals surface area contributed by atoms with Gasteiger partial charge in [-0.3, -0.25) is 14.4 Å². The number of amides is 1. The first-order valence-electron chi connectivity index (χ1n) is 16.4. The predicted molar refractivity (Wildman–Crippen MR) is 164 cm³/mol. The van der Waals surface area contributed by atoms with Gasteiger partial charge in [-0.2, -0.15) is 0 Å². The molecular weight excluding hydrogens is 558 g/mol. The predicted octanol–water partition coefficient (Wildman–Crippen LogP) is 4.69. The van der Waals surface area contributed by atoms with Crippen molar-refractivity contribution >= 4 is 17.5 Å². The normalized spacial score (nSPS) is 39.5. The average molecular weight is 606 g/mol. The van der Waals surface area contributed by atoms with Crippen molar-refractivity contribution in [2.75, 3.05) is 13.3 Å². The van der Waals surface area contributed by atoms with Crippen molar-refractivity contribution in [1.82, 2.24) is 5.32 Å². The summed E-state index contributed by atoms with van der Waals surface area (Å²) in [5.41, 5.74) is -0.0895. The standard InChI is InChI=1S/C36H47NO7/c1-5-9-31-43-30-18-27-26-13-12-24-17-25(38)14-15-34(24,3)32(26)28(39)19-35(27,4)36(30,44-31)29(40)20-42-21-37-33(41)22(2)16-23-10-7-6-8-11-23/h6-8,10-11,14-15,17,22,26-28,30-32,39H,5,9,12-13,16,18-21H2,1-4H3,(H,37,41)/t22-,26-,27-,28-,30+,31?,32+,34-,35-,36+/m0/s1. The number of hydrogen-bond acceptors (Lipinski definition) is 7. The summed E-state index contributed by atoms with van der Waals surface area (Å²) >= 11 is 0. The Bertz CT molecular complexity index is 1340. The lowest BCUT2D eigenvalue weighted by molar-refractivity contribution is -0.201. The Balaban J connectivity index is 1.17. The molecule has 4 fully saturated rings. The summed E-state index contributed by atoms with van der Waals surface area (Å²) in [4.78, 5) is 39.2. The van der Waals surface area contributed by atoms with E-state index in [1.165, 1.54) is 0 Å². The number of carbonyl (C=O) groups excluding carboxylic acids is 3. The Labute approximate surface area is 260 Å². The average Bonchev–Trinajstić information content (AvgIpc) is 3.47. The number of aliphatic hydroxyl groups is 1. The van der Waals surface area contributed by atoms with E-state index < -0.39 is 34.9 Å². The van der Waals surface area contributed by atoms with Crippen molar-refractivity contribution in [2.24, 2.45) is 34.5 Å². The minimum atomic E-state index is -1.23. The minimum absolute atomic E-state index is 0.0108. The van der Waals surface area contributed by atoms with E-state index in [1.807, 2.05) is 43.3 Å². The molecule has 3 saturated carbocycles. The van der Waals surface area contributed by atoms with Gasteiger partial charge in [0.25, 0.3) is 0 Å². The van der Waals surface area contributed by atoms with E-state index >= 15 is 0 Å². The van der Waals surface area contributed by atoms with E-state index in [1.54, 1.807) is 12.2 Å². The molecule has 8 nitrogen and oxygen atoms in total. The van der Waals surface area contributed by atoms with Crippen LogP contribution in [0.25, 0.3) is 0 Å². The molecule has 44 heavy (non-hydrogen) atoms. The van der Waals surface area contributed by atoms with Crippen LogP contribution in [0.4, 0.5) is 0 Å². The third-order valence-corrected chi connectivity index (χ3v) is 11.6. The van der Waals surface area contributed by atoms with Crippen molar-refractivity contribution in [3.63, 3.8) is 0 Å². The van der Waals surface area contributed by atoms with Crippen molar-refractivity contribution in [2.45, 2.75) is 96.7 Å². The van der Waals surface area contributed by atoms with Gasteiger partial charge in [0.2, 0.25) is 5.91 Å². The second-order valence-corrected chi connectivity index (χ2v) is 14.2. The number of Topliss-reactive ketones (excluding diaryl/α,β-unsaturated/α-hetero) is 1. The smallest absolute Gasteiger partial charge is 0.224 e. The van der Waals surface area contributed by atoms with E-state index in [9.17, 15) is 19.5 Å². The van der Waals surface area contributed by atoms with Crippen LogP contribution in [0.15, 0.2) is 54.1 Å². The molecule has 4 aliphatic carbocycles. The fourth-order valence-electron chi connectivity index (χ4n) is 9.61. The van der Waals surface area contributed by atoms with Gasteiger partial charge in [0.05, 0.1) is 12.2 Å². The van der Waals surface area contributed by atoms with Crippen LogP contribution in [-0.4, -0.2) is 60.0 Å². The molecule has 1 aromatic carbocycles. The third-order valence-electron chi connectivity index (χ3n) is 11.6. The van der Waals surface area contributed by atoms with E-state index in [-0.39, 0.29) is 54.5 Å². The van der Waals surface area contributed by atoms with Crippen molar-refractivity contribution in [1.29, 1.82) is 0 Å². The molecule has 10 atom stereocenters. The fourth-order valence-corrected chi connectivity index (χ4v) is 9.61. The Morgan fingerprint density at radius 1 is 1.20 bits per heavy atom. The molecule has 238 valence electrons. The molecule has 1 unspecified atom stereocenters. The molecule has 1 amide bonds. The lowest BCUT2D eigenvalue weighted by Gasteiger charge is -2.59. The lowest BCUT2D eigenvalue weighted by atomic mass is 9.46. The highest BCUT2D eigenvalue weighted by Crippen LogP contribution is 2.69. The van der Waals surface area contributed by atoms with Crippen LogP contribution < -0.4 is 5.32 Å². The van der Waals surface area contributed by atoms with Crippen molar-refractivity contribution < 1.29 is 33.7 Å². The third kappa shape index (κ3) is 5.02. The van der Waals surface area contributed by atoms with Gasteiger partial charge in [-0.05, 0) is 68.1 Å². The molecule has 8 heteroatoms. The van der Waals surface area contributed by atoms with Gasteiger partial charge < -0.3 is 24.6 Å². The molecule has 0 radical (unpaired) electrons. The van der Waals surface area contributed by atoms with Gasteiger partial charge in [0, 0.05) is 22.7 Å². The zero-order chi connectivity index (χ0) is 31.3. The summed E-state index contributed by atoms with van der Waals surface area (Å²) in [5.74, 6) is -0.334. The summed E-state index contributed by atoms with van der Waals surface area (Å²) in [6.07, 6.45) is 8.71. The number of carbonyl (C=O) groups is 3. The summed E-state index contributed by atoms with van der Waals surface area (Å²) in [6.45, 7) is 7.91. The number of aliphatic hydroxyl groups excluding tert-OH is 1. The molecule has 0 bridgehead atoms. The number of ketones is 2. The molecule has 6 rings (SSSR count). The quantitative estimate of drug-likeness (QED) is 0.294. The summed E-state index contributed by atoms with van der Waals surface area (Å²) in [7, 11) is 0. The Morgan fingerprint density at radius 3 is 2.73 bits per heavy atom. The van der Waals surface area contributed by atoms with Crippen LogP contribution in [0.1, 0.15) is 71.8 Å². The van der Waals surface area contributed by atoms with E-state index in [0.29, 0.717) is 25.7 Å². The van der Waals surface area contributed by atoms with Crippen molar-refractivity contribution in [3.8, 4) is 0 Å². The summed E-state index contributed by atoms with van der Waals surface area (Å²) in [5, 5.41) is 14.7. The van der Waals surface area contributed by atoms with Crippen LogP contribution in [0, 0.1) is 34.5 Å². The second-order valence-electron chi connectivity index (χ2n) is 14.2. The summed E-state index contributed by atoms with van der Waals surface area (Å²) in [6, 6.07) is 9.86. The van der Waals surface area contributed by atoms with Crippen LogP contribution in [-0.2, 0) is 35.0 Å². The highest BCUT2D eigenvalue weighted by molar-refractivity contribution is 6.01. The van der Waals surface area contributed by atoms with Crippen LogP contribution >= 0.6 is 0 Å². The maximum absolute atomic E-state index is 14.3. The Morgan fingerprint density at radius 2 is 1.98 bits per heavy atom. The Kier molecular flexibility index (Phi) is 8.50. The zero-order valence-electron chi connectivity index (χ0n) is 26.4. The molecule has 0 aromatic heterocycles. The van der Waals surface area contributed by atoms with E-state index in [0.717, 1.165) is 30.4 Å². The maximum atomic E-state index is 14.3. The number of rotatable bonds is 10. The van der Waals surface area contributed by atoms with E-state index in [4.69, 9.17) is 14.2 Å². The second kappa shape index (κ2) is 11.9. The first kappa shape index (κ1) is 31.3. The molecule has 1 aliphatic heterocycles. The van der Waals surface area contributed by atoms with Gasteiger partial charge in [-0.25, -0.2) is 0 Å². The van der Waals surface area contributed by atoms with Gasteiger partial charge >= 0.3 is 0 Å². The molecule has 5 aliphatic rings. The van der Waals surface area contributed by atoms with Gasteiger partial charge in [0.15, 0.2) is 23.5 Å². The Hall–Kier alpha value is -2.65. The number of fused-ring (bicyclic) bond motifs is 7. The monoisotopic (exact) mass is 605 g/mol. The maximum Gasteiger partial charge on any atom is 0.224 e. The van der Waals surface area contributed by atoms with Crippen LogP contribution in [0.5, 0.6) is 0 Å².